The molecule has 1 aliphatic heterocycles. The van der Waals surface area contributed by atoms with Gasteiger partial charge in [0.05, 0.1) is 11.4 Å². The van der Waals surface area contributed by atoms with Gasteiger partial charge in [-0.2, -0.15) is 10.2 Å². The normalized spacial score (nSPS) is 20.0. The second-order valence-corrected chi connectivity index (χ2v) is 6.91. The van der Waals surface area contributed by atoms with Crippen LogP contribution in [0.1, 0.15) is 39.1 Å². The number of hydrogen-bond donors (Lipinski definition) is 0. The summed E-state index contributed by atoms with van der Waals surface area (Å²) < 4.78 is 5.44. The molecule has 2 heterocycles. The Morgan fingerprint density at radius 2 is 2.05 bits per heavy atom. The number of carbonyl (C=O) groups is 1. The Hall–Kier alpha value is -1.69. The van der Waals surface area contributed by atoms with Crippen LogP contribution in [-0.4, -0.2) is 57.4 Å². The van der Waals surface area contributed by atoms with Crippen molar-refractivity contribution in [2.75, 3.05) is 19.6 Å². The smallest absolute Gasteiger partial charge is 0.410 e. The molecule has 22 heavy (non-hydrogen) atoms. The molecule has 1 atom stereocenters. The zero-order chi connectivity index (χ0) is 16.3. The van der Waals surface area contributed by atoms with Gasteiger partial charge in [-0.05, 0) is 46.8 Å². The molecule has 0 aliphatic carbocycles. The molecule has 122 valence electrons. The van der Waals surface area contributed by atoms with Gasteiger partial charge in [0, 0.05) is 32.2 Å². The summed E-state index contributed by atoms with van der Waals surface area (Å²) in [7, 11) is 0. The third-order valence-electron chi connectivity index (χ3n) is 3.63. The van der Waals surface area contributed by atoms with Gasteiger partial charge in [-0.3, -0.25) is 4.90 Å². The minimum absolute atomic E-state index is 0.228. The maximum absolute atomic E-state index is 12.1. The molecule has 1 amide bonds. The van der Waals surface area contributed by atoms with E-state index >= 15 is 0 Å². The number of hydrogen-bond acceptors (Lipinski definition) is 5. The van der Waals surface area contributed by atoms with Crippen LogP contribution in [0.25, 0.3) is 0 Å². The van der Waals surface area contributed by atoms with Crippen LogP contribution in [0.3, 0.4) is 0 Å². The van der Waals surface area contributed by atoms with Gasteiger partial charge >= 0.3 is 6.09 Å². The van der Waals surface area contributed by atoms with Gasteiger partial charge in [0.25, 0.3) is 0 Å². The largest absolute Gasteiger partial charge is 0.444 e. The maximum atomic E-state index is 12.1. The number of nitrogens with zero attached hydrogens (tertiary/aromatic N) is 4. The van der Waals surface area contributed by atoms with Gasteiger partial charge < -0.3 is 9.64 Å². The number of rotatable bonds is 2. The van der Waals surface area contributed by atoms with E-state index in [0.29, 0.717) is 13.1 Å². The Morgan fingerprint density at radius 1 is 1.32 bits per heavy atom. The Balaban J connectivity index is 1.90. The number of aryl methyl sites for hydroxylation is 1. The molecule has 6 heteroatoms. The first-order valence-corrected chi connectivity index (χ1v) is 7.76. The van der Waals surface area contributed by atoms with Crippen molar-refractivity contribution in [1.29, 1.82) is 0 Å². The van der Waals surface area contributed by atoms with Crippen molar-refractivity contribution in [2.24, 2.45) is 0 Å². The molecule has 1 aliphatic rings. The predicted molar refractivity (Wildman–Crippen MR) is 84.4 cm³/mol. The monoisotopic (exact) mass is 306 g/mol. The fraction of sp³-hybridized carbons (Fsp3) is 0.688. The summed E-state index contributed by atoms with van der Waals surface area (Å²) in [6.07, 6.45) is -0.228. The van der Waals surface area contributed by atoms with E-state index in [0.717, 1.165) is 24.5 Å². The molecule has 0 saturated carbocycles. The maximum Gasteiger partial charge on any atom is 0.410 e. The Kier molecular flexibility index (Phi) is 5.01. The van der Waals surface area contributed by atoms with E-state index in [2.05, 4.69) is 22.0 Å². The zero-order valence-corrected chi connectivity index (χ0v) is 14.2. The fourth-order valence-corrected chi connectivity index (χ4v) is 2.44. The van der Waals surface area contributed by atoms with Gasteiger partial charge in [0.15, 0.2) is 0 Å². The van der Waals surface area contributed by atoms with Gasteiger partial charge in [0.2, 0.25) is 0 Å². The molecule has 1 aromatic rings. The quantitative estimate of drug-likeness (QED) is 0.838. The van der Waals surface area contributed by atoms with Gasteiger partial charge in [-0.25, -0.2) is 4.79 Å². The van der Waals surface area contributed by atoms with Gasteiger partial charge in [-0.1, -0.05) is 0 Å². The van der Waals surface area contributed by atoms with Crippen molar-refractivity contribution in [3.63, 3.8) is 0 Å². The third kappa shape index (κ3) is 4.66. The lowest BCUT2D eigenvalue weighted by atomic mass is 10.1. The van der Waals surface area contributed by atoms with E-state index in [1.807, 2.05) is 39.8 Å². The second kappa shape index (κ2) is 6.60. The number of piperazine rings is 1. The highest BCUT2D eigenvalue weighted by atomic mass is 16.6. The molecule has 0 bridgehead atoms. The van der Waals surface area contributed by atoms with Crippen molar-refractivity contribution >= 4 is 6.09 Å². The number of aromatic nitrogens is 2. The van der Waals surface area contributed by atoms with Crippen LogP contribution in [0, 0.1) is 6.92 Å². The second-order valence-electron chi connectivity index (χ2n) is 6.91. The molecule has 1 aromatic heterocycles. The summed E-state index contributed by atoms with van der Waals surface area (Å²) in [4.78, 5) is 16.2. The summed E-state index contributed by atoms with van der Waals surface area (Å²) in [5, 5.41) is 8.30. The first-order chi connectivity index (χ1) is 10.2. The topological polar surface area (TPSA) is 58.6 Å². The molecule has 6 nitrogen and oxygen atoms in total. The molecule has 0 N–H and O–H groups in total. The first-order valence-electron chi connectivity index (χ1n) is 7.76. The molecular weight excluding hydrogens is 280 g/mol. The zero-order valence-electron chi connectivity index (χ0n) is 14.2. The molecular formula is C16H26N4O2. The number of carbonyl (C=O) groups excluding carboxylic acids is 1. The Morgan fingerprint density at radius 3 is 2.59 bits per heavy atom. The van der Waals surface area contributed by atoms with Crippen molar-refractivity contribution in [3.8, 4) is 0 Å². The average Bonchev–Trinajstić information content (AvgIpc) is 2.41. The van der Waals surface area contributed by atoms with E-state index in [1.165, 1.54) is 0 Å². The highest BCUT2D eigenvalue weighted by Gasteiger charge is 2.29. The summed E-state index contributed by atoms with van der Waals surface area (Å²) in [5.41, 5.74) is 1.43. The summed E-state index contributed by atoms with van der Waals surface area (Å²) in [6, 6.07) is 4.25. The van der Waals surface area contributed by atoms with Crippen LogP contribution in [-0.2, 0) is 11.3 Å². The molecule has 0 spiro atoms. The lowest BCUT2D eigenvalue weighted by Crippen LogP contribution is -2.54. The van der Waals surface area contributed by atoms with Gasteiger partial charge in [-0.15, -0.1) is 0 Å². The molecule has 0 aromatic carbocycles. The average molecular weight is 306 g/mol. The van der Waals surface area contributed by atoms with Crippen LogP contribution in [0.2, 0.25) is 0 Å². The lowest BCUT2D eigenvalue weighted by Gasteiger charge is -2.39. The standard InChI is InChI=1S/C16H26N4O2/c1-12-6-7-14(18-17-12)11-19-8-9-20(10-13(19)2)15(21)22-16(3,4)5/h6-7,13H,8-11H2,1-5H3/t13-/m0/s1. The van der Waals surface area contributed by atoms with E-state index in [4.69, 9.17) is 4.74 Å². The van der Waals surface area contributed by atoms with Crippen LogP contribution in [0.5, 0.6) is 0 Å². The highest BCUT2D eigenvalue weighted by molar-refractivity contribution is 5.68. The van der Waals surface area contributed by atoms with Crippen molar-refractivity contribution in [1.82, 2.24) is 20.0 Å². The predicted octanol–water partition coefficient (Wildman–Crippen LogP) is 2.23. The fourth-order valence-electron chi connectivity index (χ4n) is 2.44. The minimum atomic E-state index is -0.449. The minimum Gasteiger partial charge on any atom is -0.444 e. The number of amides is 1. The Bertz CT molecular complexity index is 510. The molecule has 1 saturated heterocycles. The van der Waals surface area contributed by atoms with E-state index in [9.17, 15) is 4.79 Å². The molecule has 2 rings (SSSR count). The van der Waals surface area contributed by atoms with Crippen molar-refractivity contribution in [2.45, 2.75) is 52.8 Å². The SMILES string of the molecule is Cc1ccc(CN2CCN(C(=O)OC(C)(C)C)C[C@@H]2C)nn1. The van der Waals surface area contributed by atoms with E-state index < -0.39 is 5.60 Å². The summed E-state index contributed by atoms with van der Waals surface area (Å²) in [6.45, 7) is 12.7. The summed E-state index contributed by atoms with van der Waals surface area (Å²) >= 11 is 0. The molecule has 0 unspecified atom stereocenters. The highest BCUT2D eigenvalue weighted by Crippen LogP contribution is 2.16. The van der Waals surface area contributed by atoms with Crippen LogP contribution >= 0.6 is 0 Å². The van der Waals surface area contributed by atoms with E-state index in [1.54, 1.807) is 4.90 Å². The first kappa shape index (κ1) is 16.7. The number of ether oxygens (including phenoxy) is 1. The molecule has 0 radical (unpaired) electrons. The summed E-state index contributed by atoms with van der Waals surface area (Å²) in [5.74, 6) is 0. The lowest BCUT2D eigenvalue weighted by molar-refractivity contribution is 0.00441. The van der Waals surface area contributed by atoms with Crippen LogP contribution in [0.15, 0.2) is 12.1 Å². The Labute approximate surface area is 132 Å². The van der Waals surface area contributed by atoms with Crippen molar-refractivity contribution < 1.29 is 9.53 Å². The van der Waals surface area contributed by atoms with Gasteiger partial charge in [0.1, 0.15) is 5.60 Å². The van der Waals surface area contributed by atoms with Crippen molar-refractivity contribution in [3.05, 3.63) is 23.5 Å². The van der Waals surface area contributed by atoms with Crippen LogP contribution < -0.4 is 0 Å². The van der Waals surface area contributed by atoms with E-state index in [-0.39, 0.29) is 12.1 Å². The van der Waals surface area contributed by atoms with Crippen LogP contribution in [0.4, 0.5) is 4.79 Å². The molecule has 1 fully saturated rings. The third-order valence-corrected chi connectivity index (χ3v) is 3.63.